The van der Waals surface area contributed by atoms with E-state index in [-0.39, 0.29) is 21.5 Å². The van der Waals surface area contributed by atoms with Gasteiger partial charge in [-0.15, -0.1) is 0 Å². The summed E-state index contributed by atoms with van der Waals surface area (Å²) in [4.78, 5) is 0. The van der Waals surface area contributed by atoms with Crippen molar-refractivity contribution in [2.24, 2.45) is 7.05 Å². The second-order valence-electron chi connectivity index (χ2n) is 4.87. The SMILES string of the molecule is Cn1nc(-c2cc(Cl)c(O)c(Cl)c2)cc1-c1ccc(O)cc1. The van der Waals surface area contributed by atoms with E-state index in [9.17, 15) is 10.2 Å². The third kappa shape index (κ3) is 2.63. The standard InChI is InChI=1S/C16H12Cl2N2O2/c1-20-15(9-2-4-11(21)5-3-9)8-14(19-20)10-6-12(17)16(22)13(18)7-10/h2-8,21-22H,1H3. The van der Waals surface area contributed by atoms with Crippen molar-refractivity contribution in [3.63, 3.8) is 0 Å². The van der Waals surface area contributed by atoms with Crippen molar-refractivity contribution in [3.05, 3.63) is 52.5 Å². The van der Waals surface area contributed by atoms with Crippen molar-refractivity contribution < 1.29 is 10.2 Å². The van der Waals surface area contributed by atoms with Crippen molar-refractivity contribution in [1.29, 1.82) is 0 Å². The van der Waals surface area contributed by atoms with Gasteiger partial charge in [0.05, 0.1) is 21.4 Å². The van der Waals surface area contributed by atoms with E-state index in [1.54, 1.807) is 28.9 Å². The van der Waals surface area contributed by atoms with Crippen molar-refractivity contribution in [1.82, 2.24) is 9.78 Å². The van der Waals surface area contributed by atoms with Gasteiger partial charge in [0.25, 0.3) is 0 Å². The summed E-state index contributed by atoms with van der Waals surface area (Å²) in [7, 11) is 1.83. The van der Waals surface area contributed by atoms with E-state index in [1.165, 1.54) is 0 Å². The zero-order valence-corrected chi connectivity index (χ0v) is 13.1. The average Bonchev–Trinajstić information content (AvgIpc) is 2.87. The highest BCUT2D eigenvalue weighted by atomic mass is 35.5. The van der Waals surface area contributed by atoms with Crippen LogP contribution < -0.4 is 0 Å². The molecular weight excluding hydrogens is 323 g/mol. The molecule has 0 aliphatic heterocycles. The maximum Gasteiger partial charge on any atom is 0.152 e. The van der Waals surface area contributed by atoms with Gasteiger partial charge < -0.3 is 10.2 Å². The fourth-order valence-electron chi connectivity index (χ4n) is 2.22. The molecule has 0 fully saturated rings. The Morgan fingerprint density at radius 3 is 2.09 bits per heavy atom. The van der Waals surface area contributed by atoms with Gasteiger partial charge in [0, 0.05) is 18.2 Å². The first-order valence-corrected chi connectivity index (χ1v) is 7.23. The lowest BCUT2D eigenvalue weighted by atomic mass is 10.1. The molecule has 0 bridgehead atoms. The van der Waals surface area contributed by atoms with E-state index in [0.29, 0.717) is 11.3 Å². The molecule has 0 atom stereocenters. The smallest absolute Gasteiger partial charge is 0.152 e. The second-order valence-corrected chi connectivity index (χ2v) is 5.69. The molecule has 22 heavy (non-hydrogen) atoms. The minimum atomic E-state index is -0.137. The van der Waals surface area contributed by atoms with Crippen LogP contribution in [0.2, 0.25) is 10.0 Å². The van der Waals surface area contributed by atoms with Gasteiger partial charge in [0.15, 0.2) is 5.75 Å². The van der Waals surface area contributed by atoms with E-state index in [4.69, 9.17) is 23.2 Å². The summed E-state index contributed by atoms with van der Waals surface area (Å²) in [5.41, 5.74) is 3.22. The van der Waals surface area contributed by atoms with Crippen LogP contribution in [0.1, 0.15) is 0 Å². The Morgan fingerprint density at radius 1 is 0.909 bits per heavy atom. The van der Waals surface area contributed by atoms with Crippen LogP contribution in [0.3, 0.4) is 0 Å². The highest BCUT2D eigenvalue weighted by Gasteiger charge is 2.13. The number of benzene rings is 2. The quantitative estimate of drug-likeness (QED) is 0.726. The molecule has 0 radical (unpaired) electrons. The highest BCUT2D eigenvalue weighted by molar-refractivity contribution is 6.37. The summed E-state index contributed by atoms with van der Waals surface area (Å²) in [6.07, 6.45) is 0. The molecule has 1 heterocycles. The molecule has 0 spiro atoms. The van der Waals surface area contributed by atoms with Crippen LogP contribution in [0, 0.1) is 0 Å². The van der Waals surface area contributed by atoms with Gasteiger partial charge in [-0.2, -0.15) is 5.10 Å². The Hall–Kier alpha value is -2.17. The third-order valence-corrected chi connectivity index (χ3v) is 3.93. The maximum absolute atomic E-state index is 9.63. The summed E-state index contributed by atoms with van der Waals surface area (Å²) in [6.45, 7) is 0. The van der Waals surface area contributed by atoms with Gasteiger partial charge in [-0.05, 0) is 42.5 Å². The Labute approximate surface area is 137 Å². The van der Waals surface area contributed by atoms with Crippen LogP contribution in [0.4, 0.5) is 0 Å². The lowest BCUT2D eigenvalue weighted by molar-refractivity contribution is 0.475. The molecular formula is C16H12Cl2N2O2. The topological polar surface area (TPSA) is 58.3 Å². The van der Waals surface area contributed by atoms with Crippen LogP contribution >= 0.6 is 23.2 Å². The molecule has 3 rings (SSSR count). The number of hydrogen-bond donors (Lipinski definition) is 2. The molecule has 0 saturated carbocycles. The fourth-order valence-corrected chi connectivity index (χ4v) is 2.71. The molecule has 0 saturated heterocycles. The van der Waals surface area contributed by atoms with Crippen LogP contribution in [0.5, 0.6) is 11.5 Å². The van der Waals surface area contributed by atoms with Crippen molar-refractivity contribution in [2.75, 3.05) is 0 Å². The van der Waals surface area contributed by atoms with Crippen molar-refractivity contribution >= 4 is 23.2 Å². The van der Waals surface area contributed by atoms with Gasteiger partial charge in [0.1, 0.15) is 5.75 Å². The first-order chi connectivity index (χ1) is 10.5. The molecule has 6 heteroatoms. The summed E-state index contributed by atoms with van der Waals surface area (Å²) >= 11 is 11.9. The van der Waals surface area contributed by atoms with E-state index in [0.717, 1.165) is 11.3 Å². The monoisotopic (exact) mass is 334 g/mol. The normalized spacial score (nSPS) is 10.9. The molecule has 0 aliphatic rings. The van der Waals surface area contributed by atoms with Gasteiger partial charge >= 0.3 is 0 Å². The number of phenols is 2. The zero-order chi connectivity index (χ0) is 15.9. The number of aromatic nitrogens is 2. The van der Waals surface area contributed by atoms with E-state index >= 15 is 0 Å². The first-order valence-electron chi connectivity index (χ1n) is 6.47. The van der Waals surface area contributed by atoms with Crippen LogP contribution in [-0.2, 0) is 7.05 Å². The molecule has 112 valence electrons. The predicted molar refractivity (Wildman–Crippen MR) is 87.4 cm³/mol. The van der Waals surface area contributed by atoms with Gasteiger partial charge in [-0.25, -0.2) is 0 Å². The number of halogens is 2. The number of hydrogen-bond acceptors (Lipinski definition) is 3. The third-order valence-electron chi connectivity index (χ3n) is 3.36. The molecule has 0 amide bonds. The van der Waals surface area contributed by atoms with Crippen molar-refractivity contribution in [2.45, 2.75) is 0 Å². The van der Waals surface area contributed by atoms with Crippen LogP contribution in [-0.4, -0.2) is 20.0 Å². The number of phenolic OH excluding ortho intramolecular Hbond substituents is 2. The first kappa shape index (κ1) is 14.8. The second kappa shape index (κ2) is 5.55. The Balaban J connectivity index is 2.07. The molecule has 0 aliphatic carbocycles. The fraction of sp³-hybridized carbons (Fsp3) is 0.0625. The van der Waals surface area contributed by atoms with E-state index in [1.807, 2.05) is 25.2 Å². The molecule has 1 aromatic heterocycles. The number of aromatic hydroxyl groups is 2. The number of aryl methyl sites for hydroxylation is 1. The van der Waals surface area contributed by atoms with E-state index in [2.05, 4.69) is 5.10 Å². The Morgan fingerprint density at radius 2 is 1.50 bits per heavy atom. The van der Waals surface area contributed by atoms with Crippen LogP contribution in [0.15, 0.2) is 42.5 Å². The molecule has 4 nitrogen and oxygen atoms in total. The molecule has 0 unspecified atom stereocenters. The average molecular weight is 335 g/mol. The van der Waals surface area contributed by atoms with Gasteiger partial charge in [-0.1, -0.05) is 23.2 Å². The largest absolute Gasteiger partial charge is 0.508 e. The minimum absolute atomic E-state index is 0.137. The summed E-state index contributed by atoms with van der Waals surface area (Å²) in [5, 5.41) is 23.8. The van der Waals surface area contributed by atoms with E-state index < -0.39 is 0 Å². The van der Waals surface area contributed by atoms with Crippen molar-refractivity contribution in [3.8, 4) is 34.0 Å². The minimum Gasteiger partial charge on any atom is -0.508 e. The molecule has 3 aromatic rings. The van der Waals surface area contributed by atoms with Gasteiger partial charge in [-0.3, -0.25) is 4.68 Å². The number of rotatable bonds is 2. The summed E-state index contributed by atoms with van der Waals surface area (Å²) in [6, 6.07) is 12.0. The lowest BCUT2D eigenvalue weighted by Crippen LogP contribution is -1.93. The Bertz CT molecular complexity index is 819. The van der Waals surface area contributed by atoms with Crippen LogP contribution in [0.25, 0.3) is 22.5 Å². The van der Waals surface area contributed by atoms with Gasteiger partial charge in [0.2, 0.25) is 0 Å². The maximum atomic E-state index is 9.63. The summed E-state index contributed by atoms with van der Waals surface area (Å²) in [5.74, 6) is 0.0741. The molecule has 2 aromatic carbocycles. The zero-order valence-electron chi connectivity index (χ0n) is 11.6. The summed E-state index contributed by atoms with van der Waals surface area (Å²) < 4.78 is 1.73. The lowest BCUT2D eigenvalue weighted by Gasteiger charge is -2.02. The molecule has 2 N–H and O–H groups in total. The highest BCUT2D eigenvalue weighted by Crippen LogP contribution is 2.37. The number of nitrogens with zero attached hydrogens (tertiary/aromatic N) is 2. The Kier molecular flexibility index (Phi) is 3.72. The predicted octanol–water partition coefficient (Wildman–Crippen LogP) is 4.47.